The Labute approximate surface area is 125 Å². The molecule has 0 atom stereocenters. The lowest BCUT2D eigenvalue weighted by Gasteiger charge is -2.22. The van der Waals surface area contributed by atoms with E-state index in [0.29, 0.717) is 30.5 Å². The highest BCUT2D eigenvalue weighted by atomic mass is 79.9. The van der Waals surface area contributed by atoms with Crippen molar-refractivity contribution >= 4 is 31.9 Å². The third kappa shape index (κ3) is 3.78. The smallest absolute Gasteiger partial charge is 0.338 e. The molecule has 0 bridgehead atoms. The van der Waals surface area contributed by atoms with Crippen molar-refractivity contribution in [3.05, 3.63) is 28.2 Å². The van der Waals surface area contributed by atoms with Crippen LogP contribution in [-0.4, -0.2) is 33.7 Å². The Balaban J connectivity index is 2.18. The number of rotatable bonds is 3. The number of nitrogens with two attached hydrogens (primary N) is 1. The first-order valence-corrected chi connectivity index (χ1v) is 8.33. The van der Waals surface area contributed by atoms with E-state index in [1.165, 1.54) is 18.2 Å². The largest absolute Gasteiger partial charge is 0.459 e. The fourth-order valence-electron chi connectivity index (χ4n) is 1.86. The summed E-state index contributed by atoms with van der Waals surface area (Å²) in [6, 6.07) is 4.15. The van der Waals surface area contributed by atoms with E-state index in [2.05, 4.69) is 15.9 Å². The van der Waals surface area contributed by atoms with Gasteiger partial charge in [-0.15, -0.1) is 0 Å². The molecule has 0 radical (unpaired) electrons. The fourth-order valence-corrected chi connectivity index (χ4v) is 3.42. The lowest BCUT2D eigenvalue weighted by molar-refractivity contribution is -0.0159. The summed E-state index contributed by atoms with van der Waals surface area (Å²) in [5.41, 5.74) is 0.156. The summed E-state index contributed by atoms with van der Waals surface area (Å²) in [5.74, 6) is -0.561. The minimum Gasteiger partial charge on any atom is -0.459 e. The summed E-state index contributed by atoms with van der Waals surface area (Å²) >= 11 is 3.09. The highest BCUT2D eigenvalue weighted by Crippen LogP contribution is 2.23. The predicted octanol–water partition coefficient (Wildman–Crippen LogP) is 1.43. The molecule has 0 aromatic heterocycles. The third-order valence-corrected chi connectivity index (χ3v) is 4.82. The van der Waals surface area contributed by atoms with Gasteiger partial charge in [0, 0.05) is 17.3 Å². The van der Waals surface area contributed by atoms with Crippen LogP contribution in [0.4, 0.5) is 0 Å². The molecule has 1 aliphatic heterocycles. The molecular weight excluding hydrogens is 350 g/mol. The van der Waals surface area contributed by atoms with Crippen LogP contribution in [0.2, 0.25) is 0 Å². The van der Waals surface area contributed by atoms with Crippen LogP contribution >= 0.6 is 15.9 Å². The maximum absolute atomic E-state index is 12.0. The number of sulfonamides is 1. The summed E-state index contributed by atoms with van der Waals surface area (Å²) in [6.45, 7) is 1.11. The molecule has 1 fully saturated rings. The minimum atomic E-state index is -3.90. The van der Waals surface area contributed by atoms with Crippen LogP contribution in [0.3, 0.4) is 0 Å². The number of halogens is 1. The Morgan fingerprint density at radius 3 is 2.60 bits per heavy atom. The summed E-state index contributed by atoms with van der Waals surface area (Å²) in [6.07, 6.45) is 1.09. The molecule has 1 aromatic rings. The van der Waals surface area contributed by atoms with Gasteiger partial charge in [0.1, 0.15) is 6.10 Å². The van der Waals surface area contributed by atoms with E-state index in [9.17, 15) is 13.2 Å². The lowest BCUT2D eigenvalue weighted by Crippen LogP contribution is -2.26. The number of carbonyl (C=O) groups is 1. The van der Waals surface area contributed by atoms with Gasteiger partial charge in [-0.2, -0.15) is 0 Å². The summed E-state index contributed by atoms with van der Waals surface area (Å²) in [4.78, 5) is 11.8. The molecule has 20 heavy (non-hydrogen) atoms. The van der Waals surface area contributed by atoms with Crippen LogP contribution in [0.25, 0.3) is 0 Å². The van der Waals surface area contributed by atoms with Gasteiger partial charge in [-0.1, -0.05) is 0 Å². The molecule has 2 rings (SSSR count). The normalized spacial score (nSPS) is 16.9. The van der Waals surface area contributed by atoms with E-state index in [0.717, 1.165) is 0 Å². The average Bonchev–Trinajstić information content (AvgIpc) is 2.39. The molecule has 6 nitrogen and oxygen atoms in total. The number of primary sulfonamides is 1. The van der Waals surface area contributed by atoms with Gasteiger partial charge in [0.05, 0.1) is 23.7 Å². The van der Waals surface area contributed by atoms with Crippen LogP contribution < -0.4 is 5.14 Å². The van der Waals surface area contributed by atoms with Crippen molar-refractivity contribution in [3.63, 3.8) is 0 Å². The molecule has 1 aromatic carbocycles. The summed E-state index contributed by atoms with van der Waals surface area (Å²) in [5, 5.41) is 5.08. The Morgan fingerprint density at radius 1 is 1.35 bits per heavy atom. The molecule has 1 aliphatic rings. The fraction of sp³-hybridized carbons (Fsp3) is 0.417. The first-order valence-electron chi connectivity index (χ1n) is 5.99. The van der Waals surface area contributed by atoms with Crippen molar-refractivity contribution in [3.8, 4) is 0 Å². The highest BCUT2D eigenvalue weighted by molar-refractivity contribution is 9.10. The lowest BCUT2D eigenvalue weighted by atomic mass is 10.1. The Hall–Kier alpha value is -0.960. The average molecular weight is 364 g/mol. The Kier molecular flexibility index (Phi) is 4.79. The molecule has 0 unspecified atom stereocenters. The van der Waals surface area contributed by atoms with Gasteiger partial charge in [-0.25, -0.2) is 18.4 Å². The van der Waals surface area contributed by atoms with Gasteiger partial charge in [0.15, 0.2) is 0 Å². The van der Waals surface area contributed by atoms with Crippen molar-refractivity contribution in [1.29, 1.82) is 0 Å². The van der Waals surface area contributed by atoms with Crippen molar-refractivity contribution in [2.75, 3.05) is 13.2 Å². The minimum absolute atomic E-state index is 0.140. The molecule has 8 heteroatoms. The molecule has 1 saturated heterocycles. The topological polar surface area (TPSA) is 95.7 Å². The van der Waals surface area contributed by atoms with E-state index in [4.69, 9.17) is 14.6 Å². The van der Waals surface area contributed by atoms with Gasteiger partial charge in [0.25, 0.3) is 0 Å². The molecule has 0 amide bonds. The second kappa shape index (κ2) is 6.21. The zero-order chi connectivity index (χ0) is 14.8. The van der Waals surface area contributed by atoms with Crippen LogP contribution in [0.15, 0.2) is 27.6 Å². The quantitative estimate of drug-likeness (QED) is 0.819. The van der Waals surface area contributed by atoms with E-state index < -0.39 is 16.0 Å². The molecule has 2 N–H and O–H groups in total. The number of hydrogen-bond acceptors (Lipinski definition) is 5. The molecule has 0 spiro atoms. The molecular formula is C12H14BrNO5S. The first-order chi connectivity index (χ1) is 9.38. The van der Waals surface area contributed by atoms with E-state index in [1.807, 2.05) is 0 Å². The van der Waals surface area contributed by atoms with E-state index in [1.54, 1.807) is 0 Å². The number of esters is 1. The van der Waals surface area contributed by atoms with Crippen molar-refractivity contribution in [2.24, 2.45) is 5.14 Å². The zero-order valence-corrected chi connectivity index (χ0v) is 12.9. The van der Waals surface area contributed by atoms with Crippen molar-refractivity contribution in [2.45, 2.75) is 23.8 Å². The van der Waals surface area contributed by atoms with Gasteiger partial charge in [-0.3, -0.25) is 0 Å². The van der Waals surface area contributed by atoms with Crippen molar-refractivity contribution in [1.82, 2.24) is 0 Å². The van der Waals surface area contributed by atoms with Gasteiger partial charge >= 0.3 is 5.97 Å². The molecule has 0 saturated carbocycles. The third-order valence-electron chi connectivity index (χ3n) is 2.92. The van der Waals surface area contributed by atoms with Crippen LogP contribution in [-0.2, 0) is 19.5 Å². The zero-order valence-electron chi connectivity index (χ0n) is 10.5. The number of benzene rings is 1. The second-order valence-corrected chi connectivity index (χ2v) is 6.79. The molecule has 0 aliphatic carbocycles. The Morgan fingerprint density at radius 2 is 2.00 bits per heavy atom. The molecule has 1 heterocycles. The maximum atomic E-state index is 12.0. The summed E-state index contributed by atoms with van der Waals surface area (Å²) < 4.78 is 33.6. The SMILES string of the molecule is NS(=O)(=O)c1cc(C(=O)OC2CCOCC2)ccc1Br. The van der Waals surface area contributed by atoms with Crippen LogP contribution in [0.5, 0.6) is 0 Å². The van der Waals surface area contributed by atoms with Gasteiger partial charge in [-0.05, 0) is 34.1 Å². The van der Waals surface area contributed by atoms with Gasteiger partial charge < -0.3 is 9.47 Å². The van der Waals surface area contributed by atoms with E-state index in [-0.39, 0.29) is 16.6 Å². The van der Waals surface area contributed by atoms with Crippen LogP contribution in [0.1, 0.15) is 23.2 Å². The highest BCUT2D eigenvalue weighted by Gasteiger charge is 2.21. The standard InChI is InChI=1S/C12H14BrNO5S/c13-10-2-1-8(7-11(10)20(14,16)17)12(15)19-9-3-5-18-6-4-9/h1-2,7,9H,3-6H2,(H2,14,16,17). The van der Waals surface area contributed by atoms with Crippen LogP contribution in [0, 0.1) is 0 Å². The number of carbonyl (C=O) groups excluding carboxylic acids is 1. The maximum Gasteiger partial charge on any atom is 0.338 e. The predicted molar refractivity (Wildman–Crippen MR) is 74.8 cm³/mol. The van der Waals surface area contributed by atoms with E-state index >= 15 is 0 Å². The second-order valence-electron chi connectivity index (χ2n) is 4.41. The monoisotopic (exact) mass is 363 g/mol. The molecule has 110 valence electrons. The van der Waals surface area contributed by atoms with Gasteiger partial charge in [0.2, 0.25) is 10.0 Å². The summed E-state index contributed by atoms with van der Waals surface area (Å²) in [7, 11) is -3.90. The van der Waals surface area contributed by atoms with Crippen molar-refractivity contribution < 1.29 is 22.7 Å². The first kappa shape index (κ1) is 15.4. The number of ether oxygens (including phenoxy) is 2. The Bertz CT molecular complexity index is 610. The number of hydrogen-bond donors (Lipinski definition) is 1.